The van der Waals surface area contributed by atoms with Gasteiger partial charge < -0.3 is 0 Å². The molecule has 0 fully saturated rings. The summed E-state index contributed by atoms with van der Waals surface area (Å²) in [5.41, 5.74) is -1.26. The molecule has 0 radical (unpaired) electrons. The van der Waals surface area contributed by atoms with E-state index in [1.807, 2.05) is 0 Å². The maximum absolute atomic E-state index is 12.1. The van der Waals surface area contributed by atoms with Gasteiger partial charge >= 0.3 is 6.18 Å². The predicted octanol–water partition coefficient (Wildman–Crippen LogP) is 2.23. The van der Waals surface area contributed by atoms with Crippen LogP contribution in [0.15, 0.2) is 12.4 Å². The molecular weight excluding hydrogens is 193 g/mol. The molecule has 12 heavy (non-hydrogen) atoms. The first-order valence-electron chi connectivity index (χ1n) is 2.98. The van der Waals surface area contributed by atoms with Gasteiger partial charge in [-0.2, -0.15) is 13.2 Å². The van der Waals surface area contributed by atoms with E-state index in [2.05, 4.69) is 9.97 Å². The summed E-state index contributed by atoms with van der Waals surface area (Å²) >= 11 is 5.24. The first-order valence-corrected chi connectivity index (χ1v) is 3.52. The van der Waals surface area contributed by atoms with E-state index in [1.54, 1.807) is 0 Å². The lowest BCUT2D eigenvalue weighted by Gasteiger charge is -2.07. The van der Waals surface area contributed by atoms with Crippen LogP contribution >= 0.6 is 11.6 Å². The maximum atomic E-state index is 12.1. The second-order valence-electron chi connectivity index (χ2n) is 1.98. The van der Waals surface area contributed by atoms with Crippen LogP contribution in [-0.4, -0.2) is 9.97 Å². The van der Waals surface area contributed by atoms with Gasteiger partial charge in [-0.3, -0.25) is 4.98 Å². The summed E-state index contributed by atoms with van der Waals surface area (Å²) in [4.78, 5) is 6.60. The lowest BCUT2D eigenvalue weighted by molar-refractivity contribution is -0.142. The smallest absolute Gasteiger partial charge is 0.256 e. The average molecular weight is 197 g/mol. The predicted molar refractivity (Wildman–Crippen MR) is 36.6 cm³/mol. The minimum atomic E-state index is -4.47. The Balaban J connectivity index is 3.14. The second kappa shape index (κ2) is 3.26. The molecule has 2 nitrogen and oxygen atoms in total. The van der Waals surface area contributed by atoms with Gasteiger partial charge in [0.05, 0.1) is 11.6 Å². The van der Waals surface area contributed by atoms with Gasteiger partial charge in [-0.05, 0) is 0 Å². The van der Waals surface area contributed by atoms with E-state index in [1.165, 1.54) is 6.20 Å². The molecule has 0 aliphatic heterocycles. The van der Waals surface area contributed by atoms with Gasteiger partial charge in [0.15, 0.2) is 5.69 Å². The first-order chi connectivity index (χ1) is 5.55. The molecule has 0 aliphatic carbocycles. The van der Waals surface area contributed by atoms with Gasteiger partial charge in [0.1, 0.15) is 0 Å². The number of alkyl halides is 4. The van der Waals surface area contributed by atoms with Gasteiger partial charge in [-0.1, -0.05) is 0 Å². The zero-order chi connectivity index (χ0) is 9.19. The lowest BCUT2D eigenvalue weighted by atomic mass is 10.3. The molecule has 0 unspecified atom stereocenters. The van der Waals surface area contributed by atoms with Crippen LogP contribution in [0.3, 0.4) is 0 Å². The Morgan fingerprint density at radius 3 is 2.25 bits per heavy atom. The molecular formula is C6H4ClF3N2. The van der Waals surface area contributed by atoms with Crippen LogP contribution in [0.2, 0.25) is 0 Å². The number of rotatable bonds is 1. The normalized spacial score (nSPS) is 11.7. The highest BCUT2D eigenvalue weighted by molar-refractivity contribution is 6.16. The van der Waals surface area contributed by atoms with Gasteiger partial charge in [0.2, 0.25) is 0 Å². The maximum Gasteiger partial charge on any atom is 0.435 e. The van der Waals surface area contributed by atoms with Crippen molar-refractivity contribution in [1.29, 1.82) is 0 Å². The fraction of sp³-hybridized carbons (Fsp3) is 0.333. The van der Waals surface area contributed by atoms with Crippen molar-refractivity contribution in [3.63, 3.8) is 0 Å². The van der Waals surface area contributed by atoms with Crippen molar-refractivity contribution in [2.75, 3.05) is 0 Å². The average Bonchev–Trinajstić information content (AvgIpc) is 2.03. The van der Waals surface area contributed by atoms with Gasteiger partial charge in [-0.15, -0.1) is 11.6 Å². The van der Waals surface area contributed by atoms with E-state index in [-0.39, 0.29) is 11.6 Å². The summed E-state index contributed by atoms with van der Waals surface area (Å²) in [7, 11) is 0. The molecule has 0 aliphatic rings. The summed E-state index contributed by atoms with van der Waals surface area (Å²) in [6.07, 6.45) is -2.32. The van der Waals surface area contributed by atoms with Gasteiger partial charge in [-0.25, -0.2) is 4.98 Å². The van der Waals surface area contributed by atoms with Gasteiger partial charge in [0, 0.05) is 12.4 Å². The molecule has 1 aromatic heterocycles. The van der Waals surface area contributed by atoms with Crippen LogP contribution < -0.4 is 0 Å². The number of nitrogens with zero attached hydrogens (tertiary/aromatic N) is 2. The lowest BCUT2D eigenvalue weighted by Crippen LogP contribution is -2.12. The Bertz CT molecular complexity index is 274. The standard InChI is InChI=1S/C6H4ClF3N2/c7-3-4-5(6(8,9)10)12-2-1-11-4/h1-2H,3H2. The molecule has 1 rings (SSSR count). The largest absolute Gasteiger partial charge is 0.435 e. The minimum absolute atomic E-state index is 0.244. The molecule has 0 bridgehead atoms. The van der Waals surface area contributed by atoms with E-state index >= 15 is 0 Å². The van der Waals surface area contributed by atoms with Crippen LogP contribution in [-0.2, 0) is 12.1 Å². The highest BCUT2D eigenvalue weighted by Crippen LogP contribution is 2.29. The quantitative estimate of drug-likeness (QED) is 0.644. The molecule has 0 spiro atoms. The van der Waals surface area contributed by atoms with Crippen LogP contribution in [0.25, 0.3) is 0 Å². The first kappa shape index (κ1) is 9.25. The van der Waals surface area contributed by atoms with Crippen molar-refractivity contribution in [3.8, 4) is 0 Å². The van der Waals surface area contributed by atoms with Crippen LogP contribution in [0, 0.1) is 0 Å². The van der Waals surface area contributed by atoms with Crippen molar-refractivity contribution in [2.45, 2.75) is 12.1 Å². The van der Waals surface area contributed by atoms with Crippen LogP contribution in [0.4, 0.5) is 13.2 Å². The zero-order valence-electron chi connectivity index (χ0n) is 5.77. The fourth-order valence-electron chi connectivity index (χ4n) is 0.701. The Hall–Kier alpha value is -0.840. The van der Waals surface area contributed by atoms with Crippen molar-refractivity contribution < 1.29 is 13.2 Å². The summed E-state index contributed by atoms with van der Waals surface area (Å²) in [6, 6.07) is 0. The number of aromatic nitrogens is 2. The molecule has 0 saturated carbocycles. The Morgan fingerprint density at radius 1 is 1.25 bits per heavy atom. The minimum Gasteiger partial charge on any atom is -0.256 e. The van der Waals surface area contributed by atoms with E-state index in [0.717, 1.165) is 6.20 Å². The van der Waals surface area contributed by atoms with Gasteiger partial charge in [0.25, 0.3) is 0 Å². The van der Waals surface area contributed by atoms with E-state index in [4.69, 9.17) is 11.6 Å². The highest BCUT2D eigenvalue weighted by atomic mass is 35.5. The number of hydrogen-bond acceptors (Lipinski definition) is 2. The third-order valence-corrected chi connectivity index (χ3v) is 1.42. The topological polar surface area (TPSA) is 25.8 Å². The monoisotopic (exact) mass is 196 g/mol. The third-order valence-electron chi connectivity index (χ3n) is 1.17. The molecule has 1 aromatic rings. The molecule has 1 heterocycles. The summed E-state index contributed by atoms with van der Waals surface area (Å²) in [6.45, 7) is 0. The molecule has 0 saturated heterocycles. The van der Waals surface area contributed by atoms with Crippen LogP contribution in [0.1, 0.15) is 11.4 Å². The molecule has 0 aromatic carbocycles. The van der Waals surface area contributed by atoms with E-state index < -0.39 is 11.9 Å². The summed E-state index contributed by atoms with van der Waals surface area (Å²) < 4.78 is 36.2. The summed E-state index contributed by atoms with van der Waals surface area (Å²) in [5, 5.41) is 0. The molecule has 0 N–H and O–H groups in total. The van der Waals surface area contributed by atoms with Crippen molar-refractivity contribution >= 4 is 11.6 Å². The fourth-order valence-corrected chi connectivity index (χ4v) is 0.897. The molecule has 6 heteroatoms. The zero-order valence-corrected chi connectivity index (χ0v) is 6.52. The molecule has 0 atom stereocenters. The van der Waals surface area contributed by atoms with Crippen molar-refractivity contribution in [2.24, 2.45) is 0 Å². The third kappa shape index (κ3) is 1.85. The van der Waals surface area contributed by atoms with Crippen molar-refractivity contribution in [1.82, 2.24) is 9.97 Å². The molecule has 0 amide bonds. The molecule has 66 valence electrons. The van der Waals surface area contributed by atoms with Crippen LogP contribution in [0.5, 0.6) is 0 Å². The number of hydrogen-bond donors (Lipinski definition) is 0. The Morgan fingerprint density at radius 2 is 1.83 bits per heavy atom. The van der Waals surface area contributed by atoms with E-state index in [0.29, 0.717) is 0 Å². The Labute approximate surface area is 71.4 Å². The number of halogens is 4. The summed E-state index contributed by atoms with van der Waals surface area (Å²) in [5.74, 6) is -0.289. The highest BCUT2D eigenvalue weighted by Gasteiger charge is 2.35. The Kier molecular flexibility index (Phi) is 2.52. The van der Waals surface area contributed by atoms with E-state index in [9.17, 15) is 13.2 Å². The second-order valence-corrected chi connectivity index (χ2v) is 2.25. The van der Waals surface area contributed by atoms with Crippen molar-refractivity contribution in [3.05, 3.63) is 23.8 Å². The SMILES string of the molecule is FC(F)(F)c1nccnc1CCl.